The summed E-state index contributed by atoms with van der Waals surface area (Å²) in [7, 11) is 0. The van der Waals surface area contributed by atoms with Crippen LogP contribution in [-0.2, 0) is 0 Å². The van der Waals surface area contributed by atoms with E-state index in [9.17, 15) is 5.11 Å². The van der Waals surface area contributed by atoms with Crippen LogP contribution in [0.4, 0.5) is 0 Å². The maximum atomic E-state index is 9.23. The molecule has 0 atom stereocenters. The monoisotopic (exact) mass is 166 g/mol. The molecule has 1 nitrogen and oxygen atoms in total. The number of hydrogen-bond acceptors (Lipinski definition) is 1. The van der Waals surface area contributed by atoms with E-state index in [2.05, 4.69) is 25.7 Å². The molecular formula is C11H18O. The van der Waals surface area contributed by atoms with E-state index in [1.165, 1.54) is 12.8 Å². The van der Waals surface area contributed by atoms with Crippen molar-refractivity contribution in [2.24, 2.45) is 11.3 Å². The van der Waals surface area contributed by atoms with Crippen LogP contribution in [0.15, 0.2) is 0 Å². The molecule has 0 aromatic carbocycles. The van der Waals surface area contributed by atoms with Gasteiger partial charge in [-0.3, -0.25) is 0 Å². The molecule has 0 amide bonds. The summed E-state index contributed by atoms with van der Waals surface area (Å²) in [4.78, 5) is 0. The molecule has 0 radical (unpaired) electrons. The van der Waals surface area contributed by atoms with Crippen LogP contribution in [0, 0.1) is 23.2 Å². The Morgan fingerprint density at radius 2 is 1.92 bits per heavy atom. The normalized spacial score (nSPS) is 20.7. The minimum Gasteiger partial charge on any atom is -0.395 e. The van der Waals surface area contributed by atoms with Crippen LogP contribution >= 0.6 is 0 Å². The van der Waals surface area contributed by atoms with Gasteiger partial charge in [0.15, 0.2) is 0 Å². The molecule has 1 fully saturated rings. The number of aliphatic hydroxyl groups excluding tert-OH is 1. The maximum absolute atomic E-state index is 9.23. The zero-order valence-electron chi connectivity index (χ0n) is 8.06. The molecule has 0 heterocycles. The third-order valence-corrected chi connectivity index (χ3v) is 2.49. The summed E-state index contributed by atoms with van der Waals surface area (Å²) in [5, 5.41) is 9.23. The van der Waals surface area contributed by atoms with Gasteiger partial charge in [-0.1, -0.05) is 38.5 Å². The molecule has 1 saturated carbocycles. The topological polar surface area (TPSA) is 20.2 Å². The molecule has 0 spiro atoms. The van der Waals surface area contributed by atoms with Crippen LogP contribution in [0.3, 0.4) is 0 Å². The summed E-state index contributed by atoms with van der Waals surface area (Å²) in [6.07, 6.45) is 4.63. The van der Waals surface area contributed by atoms with E-state index in [1.54, 1.807) is 0 Å². The Hall–Kier alpha value is -0.480. The van der Waals surface area contributed by atoms with Crippen molar-refractivity contribution in [1.29, 1.82) is 0 Å². The van der Waals surface area contributed by atoms with Gasteiger partial charge in [0.25, 0.3) is 0 Å². The molecule has 1 N–H and O–H groups in total. The zero-order valence-corrected chi connectivity index (χ0v) is 8.06. The summed E-state index contributed by atoms with van der Waals surface area (Å²) in [6.45, 7) is 4.42. The first-order valence-electron chi connectivity index (χ1n) is 4.82. The van der Waals surface area contributed by atoms with Crippen LogP contribution in [-0.4, -0.2) is 11.7 Å². The number of aliphatic hydroxyl groups is 1. The SMILES string of the molecule is CC(C)C#CC1(CO)CCCC1. The fourth-order valence-electron chi connectivity index (χ4n) is 1.67. The number of rotatable bonds is 1. The van der Waals surface area contributed by atoms with Crippen molar-refractivity contribution in [2.45, 2.75) is 39.5 Å². The summed E-state index contributed by atoms with van der Waals surface area (Å²) in [6, 6.07) is 0. The van der Waals surface area contributed by atoms with Crippen LogP contribution in [0.2, 0.25) is 0 Å². The molecule has 0 aliphatic heterocycles. The van der Waals surface area contributed by atoms with Gasteiger partial charge >= 0.3 is 0 Å². The van der Waals surface area contributed by atoms with Crippen LogP contribution < -0.4 is 0 Å². The average Bonchev–Trinajstić information content (AvgIpc) is 2.50. The summed E-state index contributed by atoms with van der Waals surface area (Å²) in [5.41, 5.74) is -0.0374. The average molecular weight is 166 g/mol. The van der Waals surface area contributed by atoms with E-state index < -0.39 is 0 Å². The fourth-order valence-corrected chi connectivity index (χ4v) is 1.67. The largest absolute Gasteiger partial charge is 0.395 e. The van der Waals surface area contributed by atoms with E-state index in [4.69, 9.17) is 0 Å². The molecule has 1 aliphatic carbocycles. The lowest BCUT2D eigenvalue weighted by molar-refractivity contribution is 0.182. The van der Waals surface area contributed by atoms with Crippen molar-refractivity contribution >= 4 is 0 Å². The van der Waals surface area contributed by atoms with Gasteiger partial charge in [-0.2, -0.15) is 0 Å². The first kappa shape index (κ1) is 9.61. The van der Waals surface area contributed by atoms with Gasteiger partial charge in [0, 0.05) is 5.92 Å². The minimum atomic E-state index is -0.0374. The molecule has 1 aliphatic rings. The Balaban J connectivity index is 2.63. The number of hydrogen-bond donors (Lipinski definition) is 1. The second-order valence-corrected chi connectivity index (χ2v) is 4.07. The predicted octanol–water partition coefficient (Wildman–Crippen LogP) is 2.20. The Kier molecular flexibility index (Phi) is 3.17. The molecule has 0 bridgehead atoms. The van der Waals surface area contributed by atoms with Gasteiger partial charge in [0.1, 0.15) is 0 Å². The Labute approximate surface area is 75.2 Å². The molecule has 0 aromatic rings. The first-order chi connectivity index (χ1) is 5.68. The van der Waals surface area contributed by atoms with Crippen LogP contribution in [0.1, 0.15) is 39.5 Å². The lowest BCUT2D eigenvalue weighted by atomic mass is 9.87. The molecule has 12 heavy (non-hydrogen) atoms. The third-order valence-electron chi connectivity index (χ3n) is 2.49. The van der Waals surface area contributed by atoms with Gasteiger partial charge in [-0.25, -0.2) is 0 Å². The van der Waals surface area contributed by atoms with Crippen molar-refractivity contribution in [3.05, 3.63) is 0 Å². The molecule has 0 unspecified atom stereocenters. The lowest BCUT2D eigenvalue weighted by Gasteiger charge is -2.18. The van der Waals surface area contributed by atoms with Crippen molar-refractivity contribution in [1.82, 2.24) is 0 Å². The summed E-state index contributed by atoms with van der Waals surface area (Å²) >= 11 is 0. The predicted molar refractivity (Wildman–Crippen MR) is 50.6 cm³/mol. The molecule has 1 heteroatoms. The Morgan fingerprint density at radius 1 is 1.33 bits per heavy atom. The minimum absolute atomic E-state index is 0.0374. The standard InChI is InChI=1S/C11H18O/c1-10(2)5-8-11(9-12)6-3-4-7-11/h10,12H,3-4,6-7,9H2,1-2H3. The smallest absolute Gasteiger partial charge is 0.0597 e. The highest BCUT2D eigenvalue weighted by atomic mass is 16.3. The summed E-state index contributed by atoms with van der Waals surface area (Å²) in [5.74, 6) is 6.84. The van der Waals surface area contributed by atoms with Gasteiger partial charge < -0.3 is 5.11 Å². The van der Waals surface area contributed by atoms with E-state index in [0.29, 0.717) is 5.92 Å². The molecular weight excluding hydrogens is 148 g/mol. The second-order valence-electron chi connectivity index (χ2n) is 4.07. The Bertz CT molecular complexity index is 189. The van der Waals surface area contributed by atoms with Crippen LogP contribution in [0.5, 0.6) is 0 Å². The highest BCUT2D eigenvalue weighted by Gasteiger charge is 2.30. The quantitative estimate of drug-likeness (QED) is 0.592. The van der Waals surface area contributed by atoms with Crippen LogP contribution in [0.25, 0.3) is 0 Å². The Morgan fingerprint density at radius 3 is 2.33 bits per heavy atom. The maximum Gasteiger partial charge on any atom is 0.0597 e. The van der Waals surface area contributed by atoms with Crippen molar-refractivity contribution < 1.29 is 5.11 Å². The van der Waals surface area contributed by atoms with Crippen molar-refractivity contribution in [2.75, 3.05) is 6.61 Å². The third kappa shape index (κ3) is 2.25. The van der Waals surface area contributed by atoms with Gasteiger partial charge in [0.05, 0.1) is 12.0 Å². The highest BCUT2D eigenvalue weighted by Crippen LogP contribution is 2.36. The van der Waals surface area contributed by atoms with Crippen molar-refractivity contribution in [3.63, 3.8) is 0 Å². The molecule has 0 aromatic heterocycles. The van der Waals surface area contributed by atoms with E-state index >= 15 is 0 Å². The molecule has 0 saturated heterocycles. The lowest BCUT2D eigenvalue weighted by Crippen LogP contribution is -2.18. The summed E-state index contributed by atoms with van der Waals surface area (Å²) < 4.78 is 0. The van der Waals surface area contributed by atoms with E-state index in [1.807, 2.05) is 0 Å². The molecule has 1 rings (SSSR count). The highest BCUT2D eigenvalue weighted by molar-refractivity contribution is 5.14. The van der Waals surface area contributed by atoms with Crippen molar-refractivity contribution in [3.8, 4) is 11.8 Å². The van der Waals surface area contributed by atoms with E-state index in [0.717, 1.165) is 12.8 Å². The van der Waals surface area contributed by atoms with Gasteiger partial charge in [-0.05, 0) is 12.8 Å². The zero-order chi connectivity index (χ0) is 9.03. The second kappa shape index (κ2) is 3.96. The first-order valence-corrected chi connectivity index (χ1v) is 4.82. The van der Waals surface area contributed by atoms with Gasteiger partial charge in [-0.15, -0.1) is 0 Å². The fraction of sp³-hybridized carbons (Fsp3) is 0.818. The molecule has 68 valence electrons. The van der Waals surface area contributed by atoms with E-state index in [-0.39, 0.29) is 12.0 Å². The van der Waals surface area contributed by atoms with Gasteiger partial charge in [0.2, 0.25) is 0 Å².